The van der Waals surface area contributed by atoms with Gasteiger partial charge in [0.1, 0.15) is 11.6 Å². The second-order valence-corrected chi connectivity index (χ2v) is 7.96. The number of pyridine rings is 1. The van der Waals surface area contributed by atoms with Gasteiger partial charge in [0.05, 0.1) is 19.6 Å². The summed E-state index contributed by atoms with van der Waals surface area (Å²) in [7, 11) is 0. The average Bonchev–Trinajstić information content (AvgIpc) is 2.97. The Morgan fingerprint density at radius 2 is 1.84 bits per heavy atom. The Balaban J connectivity index is 1.46. The maximum atomic E-state index is 12.4. The molecular weight excluding hydrogens is 400 g/mol. The maximum absolute atomic E-state index is 12.4. The molecule has 0 saturated heterocycles. The van der Waals surface area contributed by atoms with Gasteiger partial charge in [-0.3, -0.25) is 4.79 Å². The molecular formula is C27H30N2O3. The topological polar surface area (TPSA) is 60.5 Å². The molecule has 1 aliphatic rings. The van der Waals surface area contributed by atoms with Gasteiger partial charge < -0.3 is 14.8 Å². The first-order valence-electron chi connectivity index (χ1n) is 11.4. The molecule has 0 saturated carbocycles. The number of nitrogens with zero attached hydrogens (tertiary/aromatic N) is 1. The predicted molar refractivity (Wildman–Crippen MR) is 126 cm³/mol. The summed E-state index contributed by atoms with van der Waals surface area (Å²) in [5, 5.41) is 3.30. The molecule has 0 bridgehead atoms. The Morgan fingerprint density at radius 3 is 2.66 bits per heavy atom. The van der Waals surface area contributed by atoms with Crippen LogP contribution in [0.4, 0.5) is 5.82 Å². The second-order valence-electron chi connectivity index (χ2n) is 7.96. The summed E-state index contributed by atoms with van der Waals surface area (Å²) in [5.74, 6) is 1.54. The molecule has 5 nitrogen and oxygen atoms in total. The molecule has 1 aromatic heterocycles. The molecule has 0 fully saturated rings. The van der Waals surface area contributed by atoms with Crippen LogP contribution in [0.15, 0.2) is 66.9 Å². The van der Waals surface area contributed by atoms with Gasteiger partial charge in [-0.25, -0.2) is 4.98 Å². The number of ether oxygens (including phenoxy) is 2. The Morgan fingerprint density at radius 1 is 1.03 bits per heavy atom. The van der Waals surface area contributed by atoms with E-state index in [1.807, 2.05) is 31.2 Å². The van der Waals surface area contributed by atoms with Crippen molar-refractivity contribution in [3.63, 3.8) is 0 Å². The minimum Gasteiger partial charge on any atom is -0.494 e. The minimum absolute atomic E-state index is 0.0166. The van der Waals surface area contributed by atoms with E-state index in [-0.39, 0.29) is 11.9 Å². The van der Waals surface area contributed by atoms with E-state index in [0.29, 0.717) is 19.6 Å². The molecule has 0 amide bonds. The third-order valence-corrected chi connectivity index (χ3v) is 5.82. The van der Waals surface area contributed by atoms with Crippen LogP contribution in [0.25, 0.3) is 0 Å². The quantitative estimate of drug-likeness (QED) is 0.376. The van der Waals surface area contributed by atoms with Crippen molar-refractivity contribution in [1.29, 1.82) is 0 Å². The molecule has 166 valence electrons. The minimum atomic E-state index is -0.160. The molecule has 1 atom stereocenters. The number of carbonyl (C=O) groups excluding carboxylic acids is 1. The molecule has 1 aliphatic carbocycles. The first-order chi connectivity index (χ1) is 15.7. The van der Waals surface area contributed by atoms with Crippen molar-refractivity contribution in [1.82, 2.24) is 4.98 Å². The van der Waals surface area contributed by atoms with E-state index >= 15 is 0 Å². The summed E-state index contributed by atoms with van der Waals surface area (Å²) >= 11 is 0. The Kier molecular flexibility index (Phi) is 7.38. The number of esters is 1. The summed E-state index contributed by atoms with van der Waals surface area (Å²) in [6, 6.07) is 20.6. The van der Waals surface area contributed by atoms with E-state index < -0.39 is 0 Å². The lowest BCUT2D eigenvalue weighted by molar-refractivity contribution is -0.143. The predicted octanol–water partition coefficient (Wildman–Crippen LogP) is 5.15. The molecule has 0 unspecified atom stereocenters. The summed E-state index contributed by atoms with van der Waals surface area (Å²) in [4.78, 5) is 16.7. The fourth-order valence-electron chi connectivity index (χ4n) is 4.31. The highest BCUT2D eigenvalue weighted by atomic mass is 16.5. The van der Waals surface area contributed by atoms with E-state index in [1.165, 1.54) is 22.3 Å². The first kappa shape index (κ1) is 21.9. The number of benzene rings is 2. The van der Waals surface area contributed by atoms with Crippen LogP contribution in [0.3, 0.4) is 0 Å². The monoisotopic (exact) mass is 430 g/mol. The van der Waals surface area contributed by atoms with E-state index in [0.717, 1.165) is 37.4 Å². The number of fused-ring (bicyclic) bond motifs is 2. The SMILES string of the molecule is CCOC(=O)C[C@@H]1c2ccccc2CCc2ccc(OCCCNc3ccccn3)cc21. The van der Waals surface area contributed by atoms with Gasteiger partial charge in [-0.15, -0.1) is 0 Å². The third kappa shape index (κ3) is 5.47. The average molecular weight is 431 g/mol. The van der Waals surface area contributed by atoms with Crippen LogP contribution in [-0.4, -0.2) is 30.7 Å². The number of hydrogen-bond donors (Lipinski definition) is 1. The normalized spacial score (nSPS) is 14.6. The molecule has 0 aliphatic heterocycles. The Hall–Kier alpha value is -3.34. The van der Waals surface area contributed by atoms with E-state index in [2.05, 4.69) is 46.7 Å². The smallest absolute Gasteiger partial charge is 0.306 e. The molecule has 0 radical (unpaired) electrons. The standard InChI is InChI=1S/C27H30N2O3/c1-2-31-27(30)19-25-23-9-4-3-8-20(23)11-12-21-13-14-22(18-24(21)25)32-17-7-16-29-26-10-5-6-15-28-26/h3-6,8-10,13-15,18,25H,2,7,11-12,16-17,19H2,1H3,(H,28,29)/t25-/m1/s1. The number of aromatic nitrogens is 1. The van der Waals surface area contributed by atoms with Gasteiger partial charge in [0, 0.05) is 18.7 Å². The van der Waals surface area contributed by atoms with Crippen molar-refractivity contribution in [2.24, 2.45) is 0 Å². The van der Waals surface area contributed by atoms with Crippen molar-refractivity contribution in [3.05, 3.63) is 89.1 Å². The van der Waals surface area contributed by atoms with Crippen LogP contribution in [-0.2, 0) is 22.4 Å². The highest BCUT2D eigenvalue weighted by Gasteiger charge is 2.26. The van der Waals surface area contributed by atoms with E-state index in [1.54, 1.807) is 6.20 Å². The summed E-state index contributed by atoms with van der Waals surface area (Å²) < 4.78 is 11.4. The highest BCUT2D eigenvalue weighted by molar-refractivity contribution is 5.72. The van der Waals surface area contributed by atoms with Gasteiger partial charge >= 0.3 is 5.97 Å². The molecule has 1 N–H and O–H groups in total. The summed E-state index contributed by atoms with van der Waals surface area (Å²) in [6.45, 7) is 3.65. The molecule has 3 aromatic rings. The molecule has 5 heteroatoms. The van der Waals surface area contributed by atoms with Crippen LogP contribution in [0, 0.1) is 0 Å². The Bertz CT molecular complexity index is 1040. The lowest BCUT2D eigenvalue weighted by Gasteiger charge is -2.20. The second kappa shape index (κ2) is 10.8. The number of rotatable bonds is 9. The third-order valence-electron chi connectivity index (χ3n) is 5.82. The molecule has 32 heavy (non-hydrogen) atoms. The number of anilines is 1. The van der Waals surface area contributed by atoms with Crippen LogP contribution in [0.5, 0.6) is 5.75 Å². The number of aryl methyl sites for hydroxylation is 2. The van der Waals surface area contributed by atoms with Crippen molar-refractivity contribution in [2.75, 3.05) is 25.1 Å². The lowest BCUT2D eigenvalue weighted by atomic mass is 9.85. The first-order valence-corrected chi connectivity index (χ1v) is 11.4. The van der Waals surface area contributed by atoms with Crippen molar-refractivity contribution < 1.29 is 14.3 Å². The van der Waals surface area contributed by atoms with Gasteiger partial charge in [0.15, 0.2) is 0 Å². The maximum Gasteiger partial charge on any atom is 0.306 e. The number of carbonyl (C=O) groups is 1. The van der Waals surface area contributed by atoms with Crippen LogP contribution < -0.4 is 10.1 Å². The lowest BCUT2D eigenvalue weighted by Crippen LogP contribution is -2.13. The zero-order chi connectivity index (χ0) is 22.2. The van der Waals surface area contributed by atoms with Crippen molar-refractivity contribution in [3.8, 4) is 5.75 Å². The Labute approximate surface area is 189 Å². The van der Waals surface area contributed by atoms with Gasteiger partial charge in [-0.1, -0.05) is 36.4 Å². The molecule has 1 heterocycles. The highest BCUT2D eigenvalue weighted by Crippen LogP contribution is 2.38. The van der Waals surface area contributed by atoms with E-state index in [4.69, 9.17) is 9.47 Å². The van der Waals surface area contributed by atoms with E-state index in [9.17, 15) is 4.79 Å². The number of hydrogen-bond acceptors (Lipinski definition) is 5. The van der Waals surface area contributed by atoms with Gasteiger partial charge in [0.25, 0.3) is 0 Å². The fraction of sp³-hybridized carbons (Fsp3) is 0.333. The van der Waals surface area contributed by atoms with Gasteiger partial charge in [-0.05, 0) is 72.7 Å². The number of nitrogens with one attached hydrogen (secondary N) is 1. The van der Waals surface area contributed by atoms with Gasteiger partial charge in [-0.2, -0.15) is 0 Å². The molecule has 4 rings (SSSR count). The largest absolute Gasteiger partial charge is 0.494 e. The fourth-order valence-corrected chi connectivity index (χ4v) is 4.31. The van der Waals surface area contributed by atoms with Crippen LogP contribution >= 0.6 is 0 Å². The van der Waals surface area contributed by atoms with Crippen molar-refractivity contribution in [2.45, 2.75) is 38.5 Å². The summed E-state index contributed by atoms with van der Waals surface area (Å²) in [6.07, 6.45) is 4.92. The molecule has 0 spiro atoms. The van der Waals surface area contributed by atoms with Crippen LogP contribution in [0.2, 0.25) is 0 Å². The van der Waals surface area contributed by atoms with Gasteiger partial charge in [0.2, 0.25) is 0 Å². The molecule has 2 aromatic carbocycles. The zero-order valence-corrected chi connectivity index (χ0v) is 18.5. The zero-order valence-electron chi connectivity index (χ0n) is 18.5. The summed E-state index contributed by atoms with van der Waals surface area (Å²) in [5.41, 5.74) is 4.98. The van der Waals surface area contributed by atoms with Crippen molar-refractivity contribution >= 4 is 11.8 Å². The van der Waals surface area contributed by atoms with Crippen LogP contribution in [0.1, 0.15) is 47.9 Å².